The van der Waals surface area contributed by atoms with E-state index < -0.39 is 0 Å². The Kier molecular flexibility index (Phi) is 4.21. The number of benzene rings is 1. The first-order valence-electron chi connectivity index (χ1n) is 10.9. The maximum atomic E-state index is 14.0. The summed E-state index contributed by atoms with van der Waals surface area (Å²) >= 11 is 6.18. The van der Waals surface area contributed by atoms with E-state index in [0.29, 0.717) is 16.8 Å². The van der Waals surface area contributed by atoms with Crippen molar-refractivity contribution >= 4 is 28.8 Å². The van der Waals surface area contributed by atoms with Gasteiger partial charge in [0.25, 0.3) is 5.91 Å². The fourth-order valence-corrected chi connectivity index (χ4v) is 5.09. The molecular formula is C24H23ClN6O. The topological polar surface area (TPSA) is 68.3 Å². The lowest BCUT2D eigenvalue weighted by molar-refractivity contribution is 0.0976. The van der Waals surface area contributed by atoms with Crippen LogP contribution in [0.25, 0.3) is 5.65 Å². The molecule has 0 saturated heterocycles. The minimum Gasteiger partial charge on any atom is -0.294 e. The van der Waals surface area contributed by atoms with Crippen LogP contribution >= 0.6 is 11.6 Å². The SMILES string of the molecule is Cc1nn(C2CCC2)c2c1C(c1ccc(Cl)cc1)N(c1cc(C)c3nnc(C)n3c1)C2=O. The minimum absolute atomic E-state index is 0.0167. The van der Waals surface area contributed by atoms with Crippen LogP contribution in [0.2, 0.25) is 5.02 Å². The summed E-state index contributed by atoms with van der Waals surface area (Å²) in [6.07, 6.45) is 5.27. The third-order valence-electron chi connectivity index (χ3n) is 6.81. The van der Waals surface area contributed by atoms with Crippen LogP contribution in [-0.4, -0.2) is 30.3 Å². The molecule has 1 unspecified atom stereocenters. The van der Waals surface area contributed by atoms with E-state index in [1.807, 2.05) is 71.3 Å². The van der Waals surface area contributed by atoms with Crippen LogP contribution in [0, 0.1) is 20.8 Å². The van der Waals surface area contributed by atoms with Gasteiger partial charge in [0.1, 0.15) is 11.5 Å². The first-order valence-corrected chi connectivity index (χ1v) is 11.3. The second-order valence-corrected chi connectivity index (χ2v) is 9.26. The standard InChI is InChI=1S/C24H23ClN6O/c1-13-11-19(12-29-15(3)26-27-23(13)29)30-21(16-7-9-17(25)10-8-16)20-14(2)28-31(18-5-4-6-18)22(20)24(30)32/h7-12,18,21H,4-6H2,1-3H3. The molecule has 1 aromatic carbocycles. The largest absolute Gasteiger partial charge is 0.294 e. The number of aromatic nitrogens is 5. The van der Waals surface area contributed by atoms with Gasteiger partial charge in [0.2, 0.25) is 0 Å². The van der Waals surface area contributed by atoms with Crippen LogP contribution in [0.1, 0.15) is 70.0 Å². The molecule has 0 N–H and O–H groups in total. The molecular weight excluding hydrogens is 424 g/mol. The zero-order valence-corrected chi connectivity index (χ0v) is 19.0. The highest BCUT2D eigenvalue weighted by molar-refractivity contribution is 6.30. The predicted octanol–water partition coefficient (Wildman–Crippen LogP) is 4.98. The van der Waals surface area contributed by atoms with E-state index >= 15 is 0 Å². The summed E-state index contributed by atoms with van der Waals surface area (Å²) in [5, 5.41) is 14.0. The lowest BCUT2D eigenvalue weighted by atomic mass is 9.93. The van der Waals surface area contributed by atoms with E-state index in [1.165, 1.54) is 6.42 Å². The van der Waals surface area contributed by atoms with Crippen LogP contribution in [0.3, 0.4) is 0 Å². The number of amides is 1. The zero-order valence-electron chi connectivity index (χ0n) is 18.2. The Morgan fingerprint density at radius 1 is 1.06 bits per heavy atom. The van der Waals surface area contributed by atoms with Gasteiger partial charge in [0.05, 0.1) is 23.5 Å². The highest BCUT2D eigenvalue weighted by atomic mass is 35.5. The fraction of sp³-hybridized carbons (Fsp3) is 0.333. The van der Waals surface area contributed by atoms with Crippen molar-refractivity contribution < 1.29 is 4.79 Å². The summed E-state index contributed by atoms with van der Waals surface area (Å²) in [6.45, 7) is 5.92. The molecule has 1 saturated carbocycles. The summed E-state index contributed by atoms with van der Waals surface area (Å²) in [7, 11) is 0. The van der Waals surface area contributed by atoms with E-state index in [-0.39, 0.29) is 11.9 Å². The van der Waals surface area contributed by atoms with Gasteiger partial charge < -0.3 is 0 Å². The van der Waals surface area contributed by atoms with Crippen molar-refractivity contribution in [2.45, 2.75) is 52.1 Å². The number of fused-ring (bicyclic) bond motifs is 2. The van der Waals surface area contributed by atoms with Crippen LogP contribution in [0.4, 0.5) is 5.69 Å². The van der Waals surface area contributed by atoms with Gasteiger partial charge in [-0.05, 0) is 69.4 Å². The Bertz CT molecular complexity index is 1380. The normalized spacial score (nSPS) is 18.4. The molecule has 1 aliphatic carbocycles. The van der Waals surface area contributed by atoms with Crippen LogP contribution < -0.4 is 4.90 Å². The smallest absolute Gasteiger partial charge is 0.277 e. The third kappa shape index (κ3) is 2.67. The number of carbonyl (C=O) groups is 1. The summed E-state index contributed by atoms with van der Waals surface area (Å²) < 4.78 is 3.93. The molecule has 1 aliphatic heterocycles. The number of aryl methyl sites for hydroxylation is 3. The summed E-state index contributed by atoms with van der Waals surface area (Å²) in [5.41, 5.74) is 6.21. The van der Waals surface area contributed by atoms with Crippen LogP contribution in [-0.2, 0) is 0 Å². The van der Waals surface area contributed by atoms with Crippen molar-refractivity contribution in [3.05, 3.63) is 75.5 Å². The Balaban J connectivity index is 1.58. The van der Waals surface area contributed by atoms with Crippen LogP contribution in [0.15, 0.2) is 36.5 Å². The van der Waals surface area contributed by atoms with Crippen molar-refractivity contribution in [3.8, 4) is 0 Å². The maximum absolute atomic E-state index is 14.0. The number of hydrogen-bond acceptors (Lipinski definition) is 4. The quantitative estimate of drug-likeness (QED) is 0.445. The van der Waals surface area contributed by atoms with E-state index in [0.717, 1.165) is 52.4 Å². The van der Waals surface area contributed by atoms with Crippen LogP contribution in [0.5, 0.6) is 0 Å². The summed E-state index contributed by atoms with van der Waals surface area (Å²) in [4.78, 5) is 15.9. The van der Waals surface area contributed by atoms with E-state index in [1.54, 1.807) is 0 Å². The molecule has 4 heterocycles. The van der Waals surface area contributed by atoms with Gasteiger partial charge in [-0.25, -0.2) is 0 Å². The maximum Gasteiger partial charge on any atom is 0.277 e. The molecule has 2 aliphatic rings. The number of hydrogen-bond donors (Lipinski definition) is 0. The molecule has 162 valence electrons. The van der Waals surface area contributed by atoms with Gasteiger partial charge in [-0.1, -0.05) is 23.7 Å². The molecule has 1 atom stereocenters. The monoisotopic (exact) mass is 446 g/mol. The fourth-order valence-electron chi connectivity index (χ4n) is 4.96. The average molecular weight is 447 g/mol. The Morgan fingerprint density at radius 3 is 2.50 bits per heavy atom. The van der Waals surface area contributed by atoms with Gasteiger partial charge in [0.15, 0.2) is 5.65 Å². The molecule has 1 amide bonds. The molecule has 3 aromatic heterocycles. The van der Waals surface area contributed by atoms with Gasteiger partial charge in [-0.3, -0.25) is 18.8 Å². The lowest BCUT2D eigenvalue weighted by Gasteiger charge is -2.29. The van der Waals surface area contributed by atoms with Crippen molar-refractivity contribution in [2.75, 3.05) is 4.90 Å². The number of halogens is 1. The van der Waals surface area contributed by atoms with Gasteiger partial charge >= 0.3 is 0 Å². The molecule has 0 radical (unpaired) electrons. The summed E-state index contributed by atoms with van der Waals surface area (Å²) in [6, 6.07) is 9.81. The molecule has 7 nitrogen and oxygen atoms in total. The summed E-state index contributed by atoms with van der Waals surface area (Å²) in [5.74, 6) is 0.769. The van der Waals surface area contributed by atoms with Crippen molar-refractivity contribution in [2.24, 2.45) is 0 Å². The highest BCUT2D eigenvalue weighted by Gasteiger charge is 2.45. The number of anilines is 1. The molecule has 1 fully saturated rings. The number of carbonyl (C=O) groups excluding carboxylic acids is 1. The van der Waals surface area contributed by atoms with E-state index in [9.17, 15) is 4.79 Å². The minimum atomic E-state index is -0.266. The molecule has 6 rings (SSSR count). The Hall–Kier alpha value is -3.19. The van der Waals surface area contributed by atoms with E-state index in [4.69, 9.17) is 16.7 Å². The molecule has 32 heavy (non-hydrogen) atoms. The Labute approximate surface area is 190 Å². The van der Waals surface area contributed by atoms with Crippen molar-refractivity contribution in [1.29, 1.82) is 0 Å². The van der Waals surface area contributed by atoms with Crippen molar-refractivity contribution in [1.82, 2.24) is 24.4 Å². The van der Waals surface area contributed by atoms with Gasteiger partial charge in [-0.2, -0.15) is 5.10 Å². The second-order valence-electron chi connectivity index (χ2n) is 8.83. The second kappa shape index (κ2) is 6.90. The highest BCUT2D eigenvalue weighted by Crippen LogP contribution is 2.46. The lowest BCUT2D eigenvalue weighted by Crippen LogP contribution is -2.32. The first-order chi connectivity index (χ1) is 15.4. The predicted molar refractivity (Wildman–Crippen MR) is 122 cm³/mol. The Morgan fingerprint density at radius 2 is 1.81 bits per heavy atom. The van der Waals surface area contributed by atoms with Crippen molar-refractivity contribution in [3.63, 3.8) is 0 Å². The first kappa shape index (κ1) is 19.5. The third-order valence-corrected chi connectivity index (χ3v) is 7.07. The average Bonchev–Trinajstić information content (AvgIpc) is 3.35. The number of pyridine rings is 1. The molecule has 0 spiro atoms. The zero-order chi connectivity index (χ0) is 22.1. The number of nitrogens with zero attached hydrogens (tertiary/aromatic N) is 6. The van der Waals surface area contributed by atoms with Gasteiger partial charge in [0, 0.05) is 16.8 Å². The number of rotatable bonds is 3. The van der Waals surface area contributed by atoms with E-state index in [2.05, 4.69) is 10.2 Å². The molecule has 8 heteroatoms. The van der Waals surface area contributed by atoms with Gasteiger partial charge in [-0.15, -0.1) is 10.2 Å². The molecule has 0 bridgehead atoms. The molecule has 4 aromatic rings.